The molecule has 160 valence electrons. The molecule has 8 nitrogen and oxygen atoms in total. The molecule has 1 saturated carbocycles. The molecule has 3 aromatic rings. The molecule has 3 amide bonds. The topological polar surface area (TPSA) is 113 Å². The van der Waals surface area contributed by atoms with Crippen molar-refractivity contribution in [3.63, 3.8) is 0 Å². The van der Waals surface area contributed by atoms with Crippen LogP contribution in [0.3, 0.4) is 0 Å². The number of fused-ring (bicyclic) bond motifs is 1. The summed E-state index contributed by atoms with van der Waals surface area (Å²) >= 11 is 5.84. The van der Waals surface area contributed by atoms with Crippen LogP contribution in [0.2, 0.25) is 5.02 Å². The van der Waals surface area contributed by atoms with E-state index in [-0.39, 0.29) is 23.6 Å². The molecule has 0 spiro atoms. The highest BCUT2D eigenvalue weighted by atomic mass is 35.5. The van der Waals surface area contributed by atoms with Gasteiger partial charge in [-0.2, -0.15) is 0 Å². The van der Waals surface area contributed by atoms with E-state index in [1.54, 1.807) is 30.3 Å². The molecule has 31 heavy (non-hydrogen) atoms. The summed E-state index contributed by atoms with van der Waals surface area (Å²) in [7, 11) is 0. The molecule has 3 N–H and O–H groups in total. The fourth-order valence-corrected chi connectivity index (χ4v) is 3.91. The van der Waals surface area contributed by atoms with Crippen LogP contribution in [0, 0.1) is 5.92 Å². The second kappa shape index (κ2) is 9.18. The summed E-state index contributed by atoms with van der Waals surface area (Å²) < 4.78 is 5.76. The van der Waals surface area contributed by atoms with Crippen LogP contribution >= 0.6 is 11.6 Å². The van der Waals surface area contributed by atoms with Crippen molar-refractivity contribution in [2.75, 3.05) is 10.6 Å². The van der Waals surface area contributed by atoms with Gasteiger partial charge in [0.1, 0.15) is 17.1 Å². The average molecular weight is 441 g/mol. The molecule has 9 heteroatoms. The molecular weight excluding hydrogens is 420 g/mol. The van der Waals surface area contributed by atoms with Crippen LogP contribution in [-0.4, -0.2) is 29.3 Å². The van der Waals surface area contributed by atoms with Gasteiger partial charge in [-0.15, -0.1) is 0 Å². The summed E-state index contributed by atoms with van der Waals surface area (Å²) in [6.07, 6.45) is 4.90. The summed E-state index contributed by atoms with van der Waals surface area (Å²) in [5, 5.41) is 9.43. The molecule has 1 aliphatic carbocycles. The summed E-state index contributed by atoms with van der Waals surface area (Å²) in [4.78, 5) is 40.5. The molecule has 2 aromatic heterocycles. The SMILES string of the molecule is O=CNC1CCC(C(=O)Nc2c(C(=O)Nc3ccc(Cl)cn3)oc3ccccc23)CC1. The Hall–Kier alpha value is -3.39. The second-order valence-corrected chi connectivity index (χ2v) is 7.88. The lowest BCUT2D eigenvalue weighted by Gasteiger charge is -2.27. The van der Waals surface area contributed by atoms with Gasteiger partial charge in [-0.3, -0.25) is 14.4 Å². The van der Waals surface area contributed by atoms with Crippen LogP contribution < -0.4 is 16.0 Å². The Morgan fingerprint density at radius 2 is 1.84 bits per heavy atom. The van der Waals surface area contributed by atoms with Gasteiger partial charge in [0.05, 0.1) is 5.02 Å². The lowest BCUT2D eigenvalue weighted by Crippen LogP contribution is -2.35. The van der Waals surface area contributed by atoms with E-state index >= 15 is 0 Å². The van der Waals surface area contributed by atoms with Crippen LogP contribution in [0.25, 0.3) is 11.0 Å². The number of benzene rings is 1. The third kappa shape index (κ3) is 4.69. The number of anilines is 2. The molecule has 1 aromatic carbocycles. The number of halogens is 1. The van der Waals surface area contributed by atoms with Gasteiger partial charge >= 0.3 is 0 Å². The van der Waals surface area contributed by atoms with Gasteiger partial charge in [0.2, 0.25) is 18.1 Å². The summed E-state index contributed by atoms with van der Waals surface area (Å²) in [6.45, 7) is 0. The molecular formula is C22H21ClN4O4. The van der Waals surface area contributed by atoms with Gasteiger partial charge in [0.15, 0.2) is 0 Å². The highest BCUT2D eigenvalue weighted by molar-refractivity contribution is 6.30. The minimum Gasteiger partial charge on any atom is -0.449 e. The van der Waals surface area contributed by atoms with Gasteiger partial charge in [-0.05, 0) is 49.9 Å². The molecule has 2 heterocycles. The number of nitrogens with zero attached hydrogens (tertiary/aromatic N) is 1. The lowest BCUT2D eigenvalue weighted by atomic mass is 9.85. The number of furan rings is 1. The summed E-state index contributed by atoms with van der Waals surface area (Å²) in [5.74, 6) is -0.585. The highest BCUT2D eigenvalue weighted by Gasteiger charge is 2.29. The van der Waals surface area contributed by atoms with Gasteiger partial charge in [-0.1, -0.05) is 23.7 Å². The zero-order valence-corrected chi connectivity index (χ0v) is 17.3. The molecule has 1 fully saturated rings. The van der Waals surface area contributed by atoms with E-state index in [4.69, 9.17) is 16.0 Å². The van der Waals surface area contributed by atoms with Gasteiger partial charge in [-0.25, -0.2) is 4.98 Å². The normalized spacial score (nSPS) is 18.4. The van der Waals surface area contributed by atoms with E-state index in [2.05, 4.69) is 20.9 Å². The number of amides is 3. The van der Waals surface area contributed by atoms with Crippen molar-refractivity contribution in [2.45, 2.75) is 31.7 Å². The molecule has 0 aliphatic heterocycles. The highest BCUT2D eigenvalue weighted by Crippen LogP contribution is 2.33. The van der Waals surface area contributed by atoms with Crippen LogP contribution in [0.4, 0.5) is 11.5 Å². The Morgan fingerprint density at radius 1 is 1.06 bits per heavy atom. The monoisotopic (exact) mass is 440 g/mol. The van der Waals surface area contributed by atoms with Crippen LogP contribution in [0.5, 0.6) is 0 Å². The molecule has 4 rings (SSSR count). The summed E-state index contributed by atoms with van der Waals surface area (Å²) in [6, 6.07) is 10.4. The Bertz CT molecular complexity index is 1100. The van der Waals surface area contributed by atoms with Crippen molar-refractivity contribution in [1.29, 1.82) is 0 Å². The number of para-hydroxylation sites is 1. The van der Waals surface area contributed by atoms with Crippen molar-refractivity contribution in [3.05, 3.63) is 53.4 Å². The molecule has 1 aliphatic rings. The first-order valence-corrected chi connectivity index (χ1v) is 10.4. The van der Waals surface area contributed by atoms with Crippen LogP contribution in [0.15, 0.2) is 47.0 Å². The fraction of sp³-hybridized carbons (Fsp3) is 0.273. The van der Waals surface area contributed by atoms with E-state index in [1.165, 1.54) is 6.20 Å². The first kappa shape index (κ1) is 20.9. The molecule has 0 atom stereocenters. The maximum Gasteiger partial charge on any atom is 0.294 e. The summed E-state index contributed by atoms with van der Waals surface area (Å²) in [5.41, 5.74) is 0.825. The Labute approximate surface area is 183 Å². The molecule has 0 bridgehead atoms. The Kier molecular flexibility index (Phi) is 6.18. The Balaban J connectivity index is 1.55. The van der Waals surface area contributed by atoms with Gasteiger partial charge in [0.25, 0.3) is 5.91 Å². The number of pyridine rings is 1. The van der Waals surface area contributed by atoms with E-state index in [9.17, 15) is 14.4 Å². The third-order valence-electron chi connectivity index (χ3n) is 5.42. The van der Waals surface area contributed by atoms with E-state index in [0.29, 0.717) is 46.7 Å². The van der Waals surface area contributed by atoms with Crippen LogP contribution in [-0.2, 0) is 9.59 Å². The van der Waals surface area contributed by atoms with Crippen molar-refractivity contribution < 1.29 is 18.8 Å². The molecule has 0 saturated heterocycles. The quantitative estimate of drug-likeness (QED) is 0.502. The number of nitrogens with one attached hydrogen (secondary N) is 3. The number of aromatic nitrogens is 1. The lowest BCUT2D eigenvalue weighted by molar-refractivity contribution is -0.120. The van der Waals surface area contributed by atoms with Crippen molar-refractivity contribution in [3.8, 4) is 0 Å². The average Bonchev–Trinajstić information content (AvgIpc) is 3.15. The standard InChI is InChI=1S/C22H21ClN4O4/c23-14-7-10-18(24-11-14)26-22(30)20-19(16-3-1-2-4-17(16)31-20)27-21(29)13-5-8-15(9-6-13)25-12-28/h1-4,7,10-13,15H,5-6,8-9H2,(H,25,28)(H,27,29)(H,24,26,30). The minimum absolute atomic E-state index is 0.00241. The molecule has 0 unspecified atom stereocenters. The maximum atomic E-state index is 12.9. The smallest absolute Gasteiger partial charge is 0.294 e. The number of hydrogen-bond donors (Lipinski definition) is 3. The zero-order chi connectivity index (χ0) is 21.8. The third-order valence-corrected chi connectivity index (χ3v) is 5.64. The van der Waals surface area contributed by atoms with Crippen molar-refractivity contribution >= 4 is 52.3 Å². The van der Waals surface area contributed by atoms with E-state index < -0.39 is 5.91 Å². The number of carbonyl (C=O) groups is 3. The Morgan fingerprint density at radius 3 is 2.55 bits per heavy atom. The second-order valence-electron chi connectivity index (χ2n) is 7.44. The predicted octanol–water partition coefficient (Wildman–Crippen LogP) is 3.98. The molecule has 0 radical (unpaired) electrons. The van der Waals surface area contributed by atoms with Crippen LogP contribution in [0.1, 0.15) is 36.2 Å². The van der Waals surface area contributed by atoms with E-state index in [1.807, 2.05) is 6.07 Å². The largest absolute Gasteiger partial charge is 0.449 e. The first-order chi connectivity index (χ1) is 15.0. The first-order valence-electron chi connectivity index (χ1n) is 10.00. The zero-order valence-electron chi connectivity index (χ0n) is 16.6. The fourth-order valence-electron chi connectivity index (χ4n) is 3.80. The predicted molar refractivity (Wildman–Crippen MR) is 117 cm³/mol. The van der Waals surface area contributed by atoms with Crippen molar-refractivity contribution in [2.24, 2.45) is 5.92 Å². The van der Waals surface area contributed by atoms with Gasteiger partial charge < -0.3 is 20.4 Å². The minimum atomic E-state index is -0.528. The maximum absolute atomic E-state index is 12.9. The van der Waals surface area contributed by atoms with Gasteiger partial charge in [0, 0.05) is 23.5 Å². The van der Waals surface area contributed by atoms with Crippen molar-refractivity contribution in [1.82, 2.24) is 10.3 Å². The number of carbonyl (C=O) groups excluding carboxylic acids is 3. The van der Waals surface area contributed by atoms with E-state index in [0.717, 1.165) is 12.8 Å². The number of rotatable bonds is 6. The number of hydrogen-bond acceptors (Lipinski definition) is 5.